The monoisotopic (exact) mass is 238 g/mol. The second-order valence-corrected chi connectivity index (χ2v) is 3.53. The molecule has 0 saturated heterocycles. The molecule has 0 aliphatic heterocycles. The lowest BCUT2D eigenvalue weighted by Gasteiger charge is -2.10. The maximum atomic E-state index is 11.7. The van der Waals surface area contributed by atoms with Gasteiger partial charge < -0.3 is 5.73 Å². The first-order valence-electron chi connectivity index (χ1n) is 4.71. The Morgan fingerprint density at radius 2 is 2.06 bits per heavy atom. The van der Waals surface area contributed by atoms with E-state index in [9.17, 15) is 13.2 Å². The van der Waals surface area contributed by atoms with Crippen molar-refractivity contribution in [2.24, 2.45) is 0 Å². The number of hydrogen-bond acceptors (Lipinski definition) is 4. The smallest absolute Gasteiger partial charge is 0.381 e. The van der Waals surface area contributed by atoms with Crippen molar-refractivity contribution >= 4 is 5.82 Å². The number of hydrogen-bond donors (Lipinski definition) is 1. The van der Waals surface area contributed by atoms with Crippen LogP contribution in [0, 0.1) is 0 Å². The van der Waals surface area contributed by atoms with E-state index in [0.717, 1.165) is 0 Å². The van der Waals surface area contributed by atoms with Gasteiger partial charge in [-0.2, -0.15) is 0 Å². The minimum absolute atomic E-state index is 0.0305. The molecular weight excluding hydrogens is 225 g/mol. The van der Waals surface area contributed by atoms with Crippen LogP contribution in [0.25, 0.3) is 0 Å². The molecule has 16 heavy (non-hydrogen) atoms. The molecule has 1 aromatic heterocycles. The number of nitrogen functional groups attached to an aromatic ring is 1. The molecule has 92 valence electrons. The van der Waals surface area contributed by atoms with Crippen LogP contribution in [0.3, 0.4) is 0 Å². The molecule has 1 rings (SSSR count). The number of alkyl halides is 3. The predicted octanol–water partition coefficient (Wildman–Crippen LogP) is 1.52. The third-order valence-corrected chi connectivity index (χ3v) is 1.92. The summed E-state index contributed by atoms with van der Waals surface area (Å²) in [5, 5.41) is 7.26. The van der Waals surface area contributed by atoms with Crippen molar-refractivity contribution in [1.82, 2.24) is 15.0 Å². The summed E-state index contributed by atoms with van der Waals surface area (Å²) in [5.41, 5.74) is 6.16. The fourth-order valence-electron chi connectivity index (χ4n) is 1.34. The minimum Gasteiger partial charge on any atom is -0.381 e. The van der Waals surface area contributed by atoms with Crippen molar-refractivity contribution in [3.63, 3.8) is 0 Å². The zero-order chi connectivity index (χ0) is 12.3. The van der Waals surface area contributed by atoms with Gasteiger partial charge in [-0.1, -0.05) is 19.1 Å². The van der Waals surface area contributed by atoms with Crippen molar-refractivity contribution in [2.45, 2.75) is 32.7 Å². The molecule has 0 atom stereocenters. The van der Waals surface area contributed by atoms with Gasteiger partial charge >= 0.3 is 6.36 Å². The molecule has 1 heterocycles. The Kier molecular flexibility index (Phi) is 3.74. The van der Waals surface area contributed by atoms with Crippen molar-refractivity contribution < 1.29 is 17.9 Å². The first kappa shape index (κ1) is 12.8. The Hall–Kier alpha value is -1.31. The lowest BCUT2D eigenvalue weighted by Crippen LogP contribution is -2.19. The standard InChI is InChI=1S/C8H13F3N4O/c1-5(2)6-7(12)13-14-15(6)3-4-16-8(9,10)11/h5H,3-4,12H2,1-2H3. The van der Waals surface area contributed by atoms with Gasteiger partial charge in [0.2, 0.25) is 0 Å². The molecular formula is C8H13F3N4O. The molecule has 0 spiro atoms. The summed E-state index contributed by atoms with van der Waals surface area (Å²) in [4.78, 5) is 0. The first-order chi connectivity index (χ1) is 7.31. The van der Waals surface area contributed by atoms with Crippen LogP contribution in [0.5, 0.6) is 0 Å². The van der Waals surface area contributed by atoms with Gasteiger partial charge in [0.25, 0.3) is 0 Å². The third-order valence-electron chi connectivity index (χ3n) is 1.92. The van der Waals surface area contributed by atoms with E-state index in [1.165, 1.54) is 4.68 Å². The summed E-state index contributed by atoms with van der Waals surface area (Å²) in [5.74, 6) is 0.280. The van der Waals surface area contributed by atoms with E-state index in [1.807, 2.05) is 13.8 Å². The summed E-state index contributed by atoms with van der Waals surface area (Å²) < 4.78 is 40.2. The topological polar surface area (TPSA) is 66.0 Å². The van der Waals surface area contributed by atoms with E-state index < -0.39 is 13.0 Å². The number of aromatic nitrogens is 3. The fraction of sp³-hybridized carbons (Fsp3) is 0.750. The highest BCUT2D eigenvalue weighted by Crippen LogP contribution is 2.20. The summed E-state index contributed by atoms with van der Waals surface area (Å²) in [7, 11) is 0. The van der Waals surface area contributed by atoms with Crippen LogP contribution in [0.1, 0.15) is 25.5 Å². The largest absolute Gasteiger partial charge is 0.522 e. The summed E-state index contributed by atoms with van der Waals surface area (Å²) in [6.45, 7) is 3.18. The summed E-state index contributed by atoms with van der Waals surface area (Å²) in [6.07, 6.45) is -4.62. The zero-order valence-electron chi connectivity index (χ0n) is 8.95. The average Bonchev–Trinajstić information content (AvgIpc) is 2.44. The molecule has 0 unspecified atom stereocenters. The van der Waals surface area contributed by atoms with Crippen molar-refractivity contribution in [1.29, 1.82) is 0 Å². The van der Waals surface area contributed by atoms with Crippen LogP contribution in [0.4, 0.5) is 19.0 Å². The van der Waals surface area contributed by atoms with E-state index in [0.29, 0.717) is 5.69 Å². The average molecular weight is 238 g/mol. The zero-order valence-corrected chi connectivity index (χ0v) is 8.95. The number of halogens is 3. The molecule has 0 aliphatic carbocycles. The number of nitrogens with two attached hydrogens (primary N) is 1. The third kappa shape index (κ3) is 3.37. The molecule has 1 aromatic rings. The highest BCUT2D eigenvalue weighted by molar-refractivity contribution is 5.34. The number of rotatable bonds is 4. The molecule has 8 heteroatoms. The Balaban J connectivity index is 2.61. The highest BCUT2D eigenvalue weighted by Gasteiger charge is 2.29. The molecule has 0 saturated carbocycles. The van der Waals surface area contributed by atoms with Crippen LogP contribution in [0.15, 0.2) is 0 Å². The van der Waals surface area contributed by atoms with Crippen LogP contribution in [0.2, 0.25) is 0 Å². The Bertz CT molecular complexity index is 348. The number of nitrogens with zero attached hydrogens (tertiary/aromatic N) is 3. The Morgan fingerprint density at radius 1 is 1.44 bits per heavy atom. The Labute approximate surface area is 90.4 Å². The highest BCUT2D eigenvalue weighted by atomic mass is 19.4. The molecule has 0 aliphatic rings. The molecule has 0 amide bonds. The van der Waals surface area contributed by atoms with E-state index in [4.69, 9.17) is 5.73 Å². The van der Waals surface area contributed by atoms with Gasteiger partial charge in [0, 0.05) is 0 Å². The van der Waals surface area contributed by atoms with E-state index in [1.54, 1.807) is 0 Å². The lowest BCUT2D eigenvalue weighted by molar-refractivity contribution is -0.325. The van der Waals surface area contributed by atoms with Crippen molar-refractivity contribution in [2.75, 3.05) is 12.3 Å². The molecule has 2 N–H and O–H groups in total. The number of anilines is 1. The Morgan fingerprint density at radius 3 is 2.56 bits per heavy atom. The predicted molar refractivity (Wildman–Crippen MR) is 50.5 cm³/mol. The fourth-order valence-corrected chi connectivity index (χ4v) is 1.34. The van der Waals surface area contributed by atoms with E-state index >= 15 is 0 Å². The van der Waals surface area contributed by atoms with Gasteiger partial charge in [0.1, 0.15) is 0 Å². The van der Waals surface area contributed by atoms with Gasteiger partial charge in [-0.05, 0) is 5.92 Å². The van der Waals surface area contributed by atoms with Crippen LogP contribution < -0.4 is 5.73 Å². The quantitative estimate of drug-likeness (QED) is 0.863. The molecule has 0 bridgehead atoms. The number of ether oxygens (including phenoxy) is 1. The molecule has 0 aromatic carbocycles. The van der Waals surface area contributed by atoms with Crippen molar-refractivity contribution in [3.8, 4) is 0 Å². The lowest BCUT2D eigenvalue weighted by atomic mass is 10.1. The second kappa shape index (κ2) is 4.69. The summed E-state index contributed by atoms with van der Waals surface area (Å²) in [6, 6.07) is 0. The van der Waals surface area contributed by atoms with Gasteiger partial charge in [-0.25, -0.2) is 4.68 Å². The van der Waals surface area contributed by atoms with E-state index in [2.05, 4.69) is 15.0 Å². The molecule has 0 fully saturated rings. The van der Waals surface area contributed by atoms with Gasteiger partial charge in [-0.3, -0.25) is 4.74 Å². The van der Waals surface area contributed by atoms with Gasteiger partial charge in [-0.15, -0.1) is 18.3 Å². The summed E-state index contributed by atoms with van der Waals surface area (Å²) >= 11 is 0. The van der Waals surface area contributed by atoms with Crippen LogP contribution in [-0.2, 0) is 11.3 Å². The van der Waals surface area contributed by atoms with Gasteiger partial charge in [0.15, 0.2) is 5.82 Å². The second-order valence-electron chi connectivity index (χ2n) is 3.53. The minimum atomic E-state index is -4.62. The van der Waals surface area contributed by atoms with Crippen LogP contribution >= 0.6 is 0 Å². The normalized spacial score (nSPS) is 12.4. The molecule has 0 radical (unpaired) electrons. The van der Waals surface area contributed by atoms with E-state index in [-0.39, 0.29) is 18.3 Å². The van der Waals surface area contributed by atoms with Crippen LogP contribution in [-0.4, -0.2) is 28.0 Å². The maximum Gasteiger partial charge on any atom is 0.522 e. The van der Waals surface area contributed by atoms with Gasteiger partial charge in [0.05, 0.1) is 18.8 Å². The van der Waals surface area contributed by atoms with Crippen molar-refractivity contribution in [3.05, 3.63) is 5.69 Å². The first-order valence-corrected chi connectivity index (χ1v) is 4.71. The SMILES string of the molecule is CC(C)c1c(N)nnn1CCOC(F)(F)F. The molecule has 5 nitrogen and oxygen atoms in total. The maximum absolute atomic E-state index is 11.7.